The van der Waals surface area contributed by atoms with Crippen molar-refractivity contribution in [2.75, 3.05) is 19.6 Å². The third kappa shape index (κ3) is 8.44. The smallest absolute Gasteiger partial charge is 0.307 e. The number of alkyl halides is 3. The number of halogens is 3. The monoisotopic (exact) mass is 254 g/mol. The Morgan fingerprint density at radius 1 is 1.06 bits per heavy atom. The summed E-state index contributed by atoms with van der Waals surface area (Å²) in [6, 6.07) is 0.458. The van der Waals surface area contributed by atoms with Crippen molar-refractivity contribution in [3.63, 3.8) is 0 Å². The standard InChI is InChI=1S/C12H25F3N2/c1-9(2)7-17(10(3)4)11(5)6-16-8-12(13,14)15/h9-11,16H,6-8H2,1-5H3. The summed E-state index contributed by atoms with van der Waals surface area (Å²) >= 11 is 0. The van der Waals surface area contributed by atoms with E-state index in [1.165, 1.54) is 0 Å². The van der Waals surface area contributed by atoms with Gasteiger partial charge in [-0.05, 0) is 26.7 Å². The molecule has 0 spiro atoms. The fourth-order valence-corrected chi connectivity index (χ4v) is 1.86. The van der Waals surface area contributed by atoms with Gasteiger partial charge in [0.1, 0.15) is 0 Å². The molecule has 0 aliphatic rings. The van der Waals surface area contributed by atoms with Crippen molar-refractivity contribution in [1.82, 2.24) is 10.2 Å². The van der Waals surface area contributed by atoms with Crippen molar-refractivity contribution in [3.8, 4) is 0 Å². The largest absolute Gasteiger partial charge is 0.401 e. The average Bonchev–Trinajstić information content (AvgIpc) is 2.11. The molecule has 1 unspecified atom stereocenters. The number of nitrogens with one attached hydrogen (secondary N) is 1. The maximum Gasteiger partial charge on any atom is 0.401 e. The average molecular weight is 254 g/mol. The molecule has 104 valence electrons. The van der Waals surface area contributed by atoms with Gasteiger partial charge in [0.15, 0.2) is 0 Å². The van der Waals surface area contributed by atoms with E-state index in [-0.39, 0.29) is 6.04 Å². The summed E-state index contributed by atoms with van der Waals surface area (Å²) in [5, 5.41) is 2.47. The quantitative estimate of drug-likeness (QED) is 0.751. The Hall–Kier alpha value is -0.290. The Morgan fingerprint density at radius 2 is 1.59 bits per heavy atom. The Kier molecular flexibility index (Phi) is 7.09. The Balaban J connectivity index is 4.10. The predicted molar refractivity (Wildman–Crippen MR) is 65.1 cm³/mol. The normalized spacial score (nSPS) is 15.0. The van der Waals surface area contributed by atoms with Gasteiger partial charge in [-0.2, -0.15) is 13.2 Å². The third-order valence-corrected chi connectivity index (χ3v) is 2.57. The first-order valence-corrected chi connectivity index (χ1v) is 6.16. The zero-order valence-electron chi connectivity index (χ0n) is 11.4. The summed E-state index contributed by atoms with van der Waals surface area (Å²) in [4.78, 5) is 2.23. The second kappa shape index (κ2) is 7.21. The van der Waals surface area contributed by atoms with Crippen molar-refractivity contribution < 1.29 is 13.2 Å². The first-order valence-electron chi connectivity index (χ1n) is 6.16. The minimum atomic E-state index is -4.12. The Bertz CT molecular complexity index is 202. The molecule has 2 nitrogen and oxygen atoms in total. The van der Waals surface area contributed by atoms with Gasteiger partial charge >= 0.3 is 6.18 Å². The van der Waals surface area contributed by atoms with Crippen LogP contribution in [0.4, 0.5) is 13.2 Å². The molecule has 0 aliphatic heterocycles. The first-order chi connectivity index (χ1) is 7.63. The highest BCUT2D eigenvalue weighted by Crippen LogP contribution is 2.13. The number of rotatable bonds is 7. The van der Waals surface area contributed by atoms with Crippen molar-refractivity contribution in [1.29, 1.82) is 0 Å². The van der Waals surface area contributed by atoms with Gasteiger partial charge in [-0.25, -0.2) is 0 Å². The molecule has 0 saturated carbocycles. The lowest BCUT2D eigenvalue weighted by molar-refractivity contribution is -0.125. The highest BCUT2D eigenvalue weighted by atomic mass is 19.4. The molecule has 0 aromatic heterocycles. The molecule has 1 atom stereocenters. The van der Waals surface area contributed by atoms with Crippen LogP contribution < -0.4 is 5.32 Å². The minimum absolute atomic E-state index is 0.111. The van der Waals surface area contributed by atoms with Crippen LogP contribution in [0, 0.1) is 5.92 Å². The van der Waals surface area contributed by atoms with Gasteiger partial charge in [-0.15, -0.1) is 0 Å². The van der Waals surface area contributed by atoms with Crippen LogP contribution in [-0.4, -0.2) is 42.8 Å². The molecule has 0 amide bonds. The van der Waals surface area contributed by atoms with Gasteiger partial charge in [-0.1, -0.05) is 13.8 Å². The molecule has 0 aromatic carbocycles. The van der Waals surface area contributed by atoms with Gasteiger partial charge in [0, 0.05) is 25.2 Å². The van der Waals surface area contributed by atoms with Gasteiger partial charge in [-0.3, -0.25) is 4.90 Å². The molecular weight excluding hydrogens is 229 g/mol. The fourth-order valence-electron chi connectivity index (χ4n) is 1.86. The summed E-state index contributed by atoms with van der Waals surface area (Å²) in [7, 11) is 0. The van der Waals surface area contributed by atoms with Crippen molar-refractivity contribution in [2.45, 2.75) is 52.9 Å². The van der Waals surface area contributed by atoms with Crippen LogP contribution in [0.5, 0.6) is 0 Å². The lowest BCUT2D eigenvalue weighted by Crippen LogP contribution is -2.47. The second-order valence-electron chi connectivity index (χ2n) is 5.28. The number of nitrogens with zero attached hydrogens (tertiary/aromatic N) is 1. The summed E-state index contributed by atoms with van der Waals surface area (Å²) in [6.07, 6.45) is -4.12. The zero-order chi connectivity index (χ0) is 13.6. The summed E-state index contributed by atoms with van der Waals surface area (Å²) in [5.74, 6) is 0.516. The van der Waals surface area contributed by atoms with E-state index in [9.17, 15) is 13.2 Å². The van der Waals surface area contributed by atoms with Crippen LogP contribution in [0.2, 0.25) is 0 Å². The molecule has 0 heterocycles. The molecule has 17 heavy (non-hydrogen) atoms. The van der Waals surface area contributed by atoms with E-state index in [0.717, 1.165) is 6.54 Å². The van der Waals surface area contributed by atoms with E-state index in [0.29, 0.717) is 18.5 Å². The number of hydrogen-bond acceptors (Lipinski definition) is 2. The first kappa shape index (κ1) is 16.7. The van der Waals surface area contributed by atoms with E-state index >= 15 is 0 Å². The fraction of sp³-hybridized carbons (Fsp3) is 1.00. The Labute approximate surface area is 103 Å². The molecule has 0 radical (unpaired) electrons. The lowest BCUT2D eigenvalue weighted by atomic mass is 10.1. The van der Waals surface area contributed by atoms with Crippen LogP contribution in [0.3, 0.4) is 0 Å². The molecule has 1 N–H and O–H groups in total. The van der Waals surface area contributed by atoms with Gasteiger partial charge in [0.05, 0.1) is 6.54 Å². The third-order valence-electron chi connectivity index (χ3n) is 2.57. The zero-order valence-corrected chi connectivity index (χ0v) is 11.4. The molecule has 0 fully saturated rings. The topological polar surface area (TPSA) is 15.3 Å². The van der Waals surface area contributed by atoms with Crippen LogP contribution >= 0.6 is 0 Å². The molecule has 0 aromatic rings. The van der Waals surface area contributed by atoms with Crippen molar-refractivity contribution >= 4 is 0 Å². The maximum absolute atomic E-state index is 12.0. The molecule has 0 rings (SSSR count). The van der Waals surface area contributed by atoms with E-state index in [1.807, 2.05) is 6.92 Å². The molecule has 0 bridgehead atoms. The van der Waals surface area contributed by atoms with Gasteiger partial charge in [0.25, 0.3) is 0 Å². The Morgan fingerprint density at radius 3 is 1.94 bits per heavy atom. The lowest BCUT2D eigenvalue weighted by Gasteiger charge is -2.34. The summed E-state index contributed by atoms with van der Waals surface area (Å²) in [6.45, 7) is 10.7. The predicted octanol–water partition coefficient (Wildman–Crippen LogP) is 2.89. The van der Waals surface area contributed by atoms with Gasteiger partial charge < -0.3 is 5.32 Å². The summed E-state index contributed by atoms with van der Waals surface area (Å²) < 4.78 is 36.0. The van der Waals surface area contributed by atoms with Crippen molar-refractivity contribution in [3.05, 3.63) is 0 Å². The van der Waals surface area contributed by atoms with Crippen LogP contribution in [0.25, 0.3) is 0 Å². The van der Waals surface area contributed by atoms with Crippen LogP contribution in [0.1, 0.15) is 34.6 Å². The molecule has 0 aliphatic carbocycles. The maximum atomic E-state index is 12.0. The van der Waals surface area contributed by atoms with Crippen molar-refractivity contribution in [2.24, 2.45) is 5.92 Å². The highest BCUT2D eigenvalue weighted by Gasteiger charge is 2.27. The van der Waals surface area contributed by atoms with Crippen LogP contribution in [-0.2, 0) is 0 Å². The van der Waals surface area contributed by atoms with E-state index in [1.54, 1.807) is 0 Å². The summed E-state index contributed by atoms with van der Waals surface area (Å²) in [5.41, 5.74) is 0. The molecule has 5 heteroatoms. The minimum Gasteiger partial charge on any atom is -0.307 e. The van der Waals surface area contributed by atoms with E-state index in [2.05, 4.69) is 37.9 Å². The highest BCUT2D eigenvalue weighted by molar-refractivity contribution is 4.74. The van der Waals surface area contributed by atoms with Gasteiger partial charge in [0.2, 0.25) is 0 Å². The van der Waals surface area contributed by atoms with Crippen LogP contribution in [0.15, 0.2) is 0 Å². The number of hydrogen-bond donors (Lipinski definition) is 1. The van der Waals surface area contributed by atoms with E-state index in [4.69, 9.17) is 0 Å². The second-order valence-corrected chi connectivity index (χ2v) is 5.28. The SMILES string of the molecule is CC(C)CN(C(C)C)C(C)CNCC(F)(F)F. The van der Waals surface area contributed by atoms with E-state index < -0.39 is 12.7 Å². The molecular formula is C12H25F3N2. The molecule has 0 saturated heterocycles.